The molecule has 0 aliphatic heterocycles. The topological polar surface area (TPSA) is 107 Å². The van der Waals surface area contributed by atoms with E-state index in [1.54, 1.807) is 13.8 Å². The van der Waals surface area contributed by atoms with Crippen molar-refractivity contribution in [3.8, 4) is 0 Å². The molecular weight excluding hydrogens is 406 g/mol. The Morgan fingerprint density at radius 3 is 2.31 bits per heavy atom. The second-order valence-electron chi connectivity index (χ2n) is 11.6. The molecule has 0 aromatic rings. The van der Waals surface area contributed by atoms with Crippen molar-refractivity contribution in [3.63, 3.8) is 0 Å². The number of ketones is 2. The van der Waals surface area contributed by atoms with Gasteiger partial charge in [0, 0.05) is 40.2 Å². The molecule has 0 spiro atoms. The SMILES string of the molecule is C=C[C@H](C)[C@@H]1CC[C@]2(C)C3=C(C(=O)C[C@]12C)[C@@]1(C)CC(=NO)[C@@H](O)C(C)(C)C1=C(O)C3=O. The van der Waals surface area contributed by atoms with Gasteiger partial charge >= 0.3 is 0 Å². The highest BCUT2D eigenvalue weighted by Crippen LogP contribution is 2.70. The molecule has 3 N–H and O–H groups in total. The van der Waals surface area contributed by atoms with Crippen LogP contribution in [0.25, 0.3) is 0 Å². The van der Waals surface area contributed by atoms with Crippen molar-refractivity contribution >= 4 is 17.3 Å². The van der Waals surface area contributed by atoms with Gasteiger partial charge in [-0.05, 0) is 35.7 Å². The van der Waals surface area contributed by atoms with E-state index in [0.717, 1.165) is 12.8 Å². The average molecular weight is 442 g/mol. The molecule has 4 rings (SSSR count). The Balaban J connectivity index is 2.01. The second kappa shape index (κ2) is 6.66. The third kappa shape index (κ3) is 2.42. The van der Waals surface area contributed by atoms with E-state index in [1.165, 1.54) is 0 Å². The number of carbonyl (C=O) groups is 2. The summed E-state index contributed by atoms with van der Waals surface area (Å²) in [6.07, 6.45) is 2.76. The van der Waals surface area contributed by atoms with Crippen molar-refractivity contribution < 1.29 is 25.0 Å². The highest BCUT2D eigenvalue weighted by molar-refractivity contribution is 6.18. The third-order valence-corrected chi connectivity index (χ3v) is 9.74. The van der Waals surface area contributed by atoms with E-state index in [1.807, 2.05) is 13.0 Å². The van der Waals surface area contributed by atoms with Gasteiger partial charge in [-0.25, -0.2) is 0 Å². The van der Waals surface area contributed by atoms with Crippen LogP contribution >= 0.6 is 0 Å². The molecule has 0 unspecified atom stereocenters. The lowest BCUT2D eigenvalue weighted by molar-refractivity contribution is -0.128. The predicted octanol–water partition coefficient (Wildman–Crippen LogP) is 4.52. The van der Waals surface area contributed by atoms with Crippen LogP contribution in [0.4, 0.5) is 0 Å². The van der Waals surface area contributed by atoms with E-state index in [2.05, 4.69) is 32.5 Å². The van der Waals surface area contributed by atoms with Gasteiger partial charge in [0.05, 0.1) is 5.71 Å². The Morgan fingerprint density at radius 1 is 1.12 bits per heavy atom. The summed E-state index contributed by atoms with van der Waals surface area (Å²) in [5.41, 5.74) is -1.74. The van der Waals surface area contributed by atoms with E-state index in [4.69, 9.17) is 0 Å². The van der Waals surface area contributed by atoms with E-state index in [9.17, 15) is 25.0 Å². The first kappa shape index (κ1) is 23.0. The van der Waals surface area contributed by atoms with Gasteiger partial charge < -0.3 is 15.4 Å². The summed E-state index contributed by atoms with van der Waals surface area (Å²) in [7, 11) is 0. The van der Waals surface area contributed by atoms with Gasteiger partial charge in [0.1, 0.15) is 6.10 Å². The molecule has 0 heterocycles. The monoisotopic (exact) mass is 441 g/mol. The number of fused-ring (bicyclic) bond motifs is 4. The fourth-order valence-electron chi connectivity index (χ4n) is 7.90. The van der Waals surface area contributed by atoms with E-state index in [-0.39, 0.29) is 35.5 Å². The van der Waals surface area contributed by atoms with Crippen LogP contribution < -0.4 is 0 Å². The summed E-state index contributed by atoms with van der Waals surface area (Å²) in [5, 5.41) is 35.1. The zero-order valence-corrected chi connectivity index (χ0v) is 20.0. The van der Waals surface area contributed by atoms with Crippen LogP contribution in [-0.4, -0.2) is 38.8 Å². The maximum absolute atomic E-state index is 13.9. The maximum Gasteiger partial charge on any atom is 0.224 e. The maximum atomic E-state index is 13.9. The molecule has 6 nitrogen and oxygen atoms in total. The van der Waals surface area contributed by atoms with Crippen LogP contribution in [0.1, 0.15) is 67.2 Å². The minimum absolute atomic E-state index is 0.0740. The summed E-state index contributed by atoms with van der Waals surface area (Å²) < 4.78 is 0. The molecule has 0 saturated heterocycles. The van der Waals surface area contributed by atoms with Crippen LogP contribution in [0, 0.1) is 33.5 Å². The number of allylic oxidation sites excluding steroid dienone is 3. The fraction of sp³-hybridized carbons (Fsp3) is 0.654. The molecule has 4 aliphatic carbocycles. The minimum atomic E-state index is -1.17. The van der Waals surface area contributed by atoms with Crippen LogP contribution in [0.15, 0.2) is 40.3 Å². The normalized spacial score (nSPS) is 43.2. The third-order valence-electron chi connectivity index (χ3n) is 9.74. The van der Waals surface area contributed by atoms with Crippen LogP contribution in [0.5, 0.6) is 0 Å². The number of hydrogen-bond acceptors (Lipinski definition) is 6. The molecule has 6 atom stereocenters. The van der Waals surface area contributed by atoms with Gasteiger partial charge in [-0.1, -0.05) is 52.8 Å². The molecule has 0 aromatic carbocycles. The molecule has 0 aromatic heterocycles. The van der Waals surface area contributed by atoms with Gasteiger partial charge in [0.2, 0.25) is 5.78 Å². The Labute approximate surface area is 189 Å². The number of hydrogen-bond donors (Lipinski definition) is 3. The summed E-state index contributed by atoms with van der Waals surface area (Å²) >= 11 is 0. The number of oxime groups is 1. The Morgan fingerprint density at radius 2 is 1.75 bits per heavy atom. The first-order valence-electron chi connectivity index (χ1n) is 11.5. The van der Waals surface area contributed by atoms with E-state index >= 15 is 0 Å². The first-order valence-corrected chi connectivity index (χ1v) is 11.5. The first-order chi connectivity index (χ1) is 14.7. The van der Waals surface area contributed by atoms with Crippen LogP contribution in [0.3, 0.4) is 0 Å². The van der Waals surface area contributed by atoms with Gasteiger partial charge in [0.15, 0.2) is 11.5 Å². The molecule has 6 heteroatoms. The molecule has 0 bridgehead atoms. The quantitative estimate of drug-likeness (QED) is 0.332. The molecule has 0 amide bonds. The van der Waals surface area contributed by atoms with E-state index in [0.29, 0.717) is 23.1 Å². The van der Waals surface area contributed by atoms with Crippen LogP contribution in [0.2, 0.25) is 0 Å². The summed E-state index contributed by atoms with van der Waals surface area (Å²) in [6, 6.07) is 0. The Kier molecular flexibility index (Phi) is 4.78. The van der Waals surface area contributed by atoms with Crippen molar-refractivity contribution in [1.82, 2.24) is 0 Å². The molecule has 2 saturated carbocycles. The number of aliphatic hydroxyl groups is 2. The van der Waals surface area contributed by atoms with Gasteiger partial charge in [-0.15, -0.1) is 6.58 Å². The molecule has 0 radical (unpaired) electrons. The molecule has 4 aliphatic rings. The van der Waals surface area contributed by atoms with Gasteiger partial charge in [-0.2, -0.15) is 0 Å². The van der Waals surface area contributed by atoms with Crippen molar-refractivity contribution in [2.45, 2.75) is 73.3 Å². The molecule has 32 heavy (non-hydrogen) atoms. The van der Waals surface area contributed by atoms with Gasteiger partial charge in [-0.3, -0.25) is 9.59 Å². The summed E-state index contributed by atoms with van der Waals surface area (Å²) in [5.74, 6) is -0.553. The molecule has 2 fully saturated rings. The van der Waals surface area contributed by atoms with Gasteiger partial charge in [0.25, 0.3) is 0 Å². The largest absolute Gasteiger partial charge is 0.504 e. The number of aliphatic hydroxyl groups excluding tert-OH is 2. The van der Waals surface area contributed by atoms with Crippen molar-refractivity contribution in [2.75, 3.05) is 0 Å². The predicted molar refractivity (Wildman–Crippen MR) is 121 cm³/mol. The zero-order valence-electron chi connectivity index (χ0n) is 20.0. The second-order valence-corrected chi connectivity index (χ2v) is 11.6. The van der Waals surface area contributed by atoms with Crippen molar-refractivity contribution in [1.29, 1.82) is 0 Å². The Bertz CT molecular complexity index is 1030. The Hall–Kier alpha value is -2.21. The van der Waals surface area contributed by atoms with Crippen molar-refractivity contribution in [3.05, 3.63) is 35.1 Å². The minimum Gasteiger partial charge on any atom is -0.504 e. The lowest BCUT2D eigenvalue weighted by Gasteiger charge is -2.57. The fourth-order valence-corrected chi connectivity index (χ4v) is 7.90. The average Bonchev–Trinajstić information content (AvgIpc) is 2.98. The number of rotatable bonds is 2. The lowest BCUT2D eigenvalue weighted by atomic mass is 9.45. The number of Topliss-reactive ketones (excluding diaryl/α,β-unsaturated/α-hetero) is 2. The summed E-state index contributed by atoms with van der Waals surface area (Å²) in [6.45, 7) is 15.5. The highest BCUT2D eigenvalue weighted by Gasteiger charge is 2.67. The van der Waals surface area contributed by atoms with Crippen molar-refractivity contribution in [2.24, 2.45) is 38.7 Å². The number of nitrogens with zero attached hydrogens (tertiary/aromatic N) is 1. The molecular formula is C26H35NO5. The smallest absolute Gasteiger partial charge is 0.224 e. The van der Waals surface area contributed by atoms with Crippen LogP contribution in [-0.2, 0) is 9.59 Å². The zero-order chi connectivity index (χ0) is 24.0. The standard InChI is InChI=1S/C26H35NO5/c1-8-13(2)14-9-10-25(6)18-17(16(28)12-26(14,25)7)24(5)11-15(27-32)22(31)23(3,4)21(24)20(30)19(18)29/h8,13-14,22,30-32H,1,9-12H2,2-7H3/t13-,14-,22+,24+,25+,26+/m0/s1. The lowest BCUT2D eigenvalue weighted by Crippen LogP contribution is -2.58. The number of carbonyl (C=O) groups excluding carboxylic acids is 2. The highest BCUT2D eigenvalue weighted by atomic mass is 16.4. The summed E-state index contributed by atoms with van der Waals surface area (Å²) in [4.78, 5) is 27.7. The molecule has 174 valence electrons. The van der Waals surface area contributed by atoms with E-state index < -0.39 is 33.5 Å².